The standard InChI is InChI=1S/C9H11BrN2O2/c1-9(11,8(13)14)5-7-6(10)3-2-4-12-7/h2-4H,5,11H2,1H3,(H,13,14). The first kappa shape index (κ1) is 11.1. The zero-order valence-electron chi connectivity index (χ0n) is 7.70. The first-order valence-electron chi connectivity index (χ1n) is 4.05. The van der Waals surface area contributed by atoms with Crippen LogP contribution < -0.4 is 5.73 Å². The molecule has 3 N–H and O–H groups in total. The number of hydrogen-bond donors (Lipinski definition) is 2. The van der Waals surface area contributed by atoms with E-state index in [2.05, 4.69) is 20.9 Å². The molecule has 1 atom stereocenters. The molecule has 0 radical (unpaired) electrons. The molecule has 0 aliphatic carbocycles. The van der Waals surface area contributed by atoms with E-state index in [0.29, 0.717) is 5.69 Å². The number of carboxylic acid groups (broad SMARTS) is 1. The zero-order chi connectivity index (χ0) is 10.8. The van der Waals surface area contributed by atoms with E-state index in [1.165, 1.54) is 6.92 Å². The lowest BCUT2D eigenvalue weighted by Gasteiger charge is -2.18. The molecule has 1 aromatic rings. The lowest BCUT2D eigenvalue weighted by atomic mass is 9.97. The summed E-state index contributed by atoms with van der Waals surface area (Å²) in [5, 5.41) is 8.83. The van der Waals surface area contributed by atoms with Gasteiger partial charge in [0.05, 0.1) is 5.69 Å². The van der Waals surface area contributed by atoms with Gasteiger partial charge in [-0.05, 0) is 35.0 Å². The number of hydrogen-bond acceptors (Lipinski definition) is 3. The van der Waals surface area contributed by atoms with E-state index < -0.39 is 11.5 Å². The van der Waals surface area contributed by atoms with Gasteiger partial charge in [-0.25, -0.2) is 0 Å². The van der Waals surface area contributed by atoms with Crippen molar-refractivity contribution >= 4 is 21.9 Å². The highest BCUT2D eigenvalue weighted by Crippen LogP contribution is 2.18. The highest BCUT2D eigenvalue weighted by molar-refractivity contribution is 9.10. The quantitative estimate of drug-likeness (QED) is 0.854. The number of nitrogens with two attached hydrogens (primary N) is 1. The van der Waals surface area contributed by atoms with Crippen molar-refractivity contribution in [3.63, 3.8) is 0 Å². The van der Waals surface area contributed by atoms with Crippen LogP contribution in [0.15, 0.2) is 22.8 Å². The van der Waals surface area contributed by atoms with Gasteiger partial charge in [0.15, 0.2) is 0 Å². The Balaban J connectivity index is 2.89. The molecule has 0 bridgehead atoms. The van der Waals surface area contributed by atoms with Crippen molar-refractivity contribution in [2.45, 2.75) is 18.9 Å². The van der Waals surface area contributed by atoms with Crippen molar-refractivity contribution in [3.05, 3.63) is 28.5 Å². The average molecular weight is 259 g/mol. The van der Waals surface area contributed by atoms with Crippen LogP contribution in [0.5, 0.6) is 0 Å². The van der Waals surface area contributed by atoms with Crippen LogP contribution in [0, 0.1) is 0 Å². The number of aromatic nitrogens is 1. The lowest BCUT2D eigenvalue weighted by molar-refractivity contribution is -0.142. The van der Waals surface area contributed by atoms with Crippen LogP contribution in [0.1, 0.15) is 12.6 Å². The van der Waals surface area contributed by atoms with Gasteiger partial charge in [-0.15, -0.1) is 0 Å². The first-order chi connectivity index (χ1) is 6.43. The maximum Gasteiger partial charge on any atom is 0.323 e. The second-order valence-electron chi connectivity index (χ2n) is 3.33. The molecule has 1 unspecified atom stereocenters. The predicted octanol–water partition coefficient (Wildman–Crippen LogP) is 1.19. The van der Waals surface area contributed by atoms with Crippen LogP contribution in [0.2, 0.25) is 0 Å². The number of carboxylic acids is 1. The fourth-order valence-corrected chi connectivity index (χ4v) is 1.37. The molecular formula is C9H11BrN2O2. The van der Waals surface area contributed by atoms with Crippen molar-refractivity contribution in [3.8, 4) is 0 Å². The molecule has 1 rings (SSSR count). The lowest BCUT2D eigenvalue weighted by Crippen LogP contribution is -2.47. The summed E-state index contributed by atoms with van der Waals surface area (Å²) in [5.74, 6) is -1.03. The molecule has 0 amide bonds. The number of nitrogens with zero attached hydrogens (tertiary/aromatic N) is 1. The molecule has 0 spiro atoms. The third-order valence-electron chi connectivity index (χ3n) is 1.86. The summed E-state index contributed by atoms with van der Waals surface area (Å²) in [6, 6.07) is 3.57. The Labute approximate surface area is 90.3 Å². The van der Waals surface area contributed by atoms with Gasteiger partial charge in [-0.1, -0.05) is 0 Å². The predicted molar refractivity (Wildman–Crippen MR) is 55.9 cm³/mol. The van der Waals surface area contributed by atoms with E-state index in [1.54, 1.807) is 18.3 Å². The zero-order valence-corrected chi connectivity index (χ0v) is 9.28. The summed E-state index contributed by atoms with van der Waals surface area (Å²) < 4.78 is 0.776. The molecule has 0 fully saturated rings. The van der Waals surface area contributed by atoms with Gasteiger partial charge in [0.1, 0.15) is 5.54 Å². The van der Waals surface area contributed by atoms with E-state index in [0.717, 1.165) is 4.47 Å². The smallest absolute Gasteiger partial charge is 0.323 e. The molecule has 4 nitrogen and oxygen atoms in total. The summed E-state index contributed by atoms with van der Waals surface area (Å²) in [4.78, 5) is 14.8. The van der Waals surface area contributed by atoms with Crippen LogP contribution in [0.4, 0.5) is 0 Å². The van der Waals surface area contributed by atoms with Crippen molar-refractivity contribution in [2.75, 3.05) is 0 Å². The van der Waals surface area contributed by atoms with Gasteiger partial charge in [-0.3, -0.25) is 9.78 Å². The maximum atomic E-state index is 10.8. The van der Waals surface area contributed by atoms with Crippen molar-refractivity contribution < 1.29 is 9.90 Å². The number of pyridine rings is 1. The highest BCUT2D eigenvalue weighted by Gasteiger charge is 2.29. The van der Waals surface area contributed by atoms with E-state index >= 15 is 0 Å². The van der Waals surface area contributed by atoms with Gasteiger partial charge in [0, 0.05) is 17.1 Å². The topological polar surface area (TPSA) is 76.2 Å². The number of carbonyl (C=O) groups is 1. The van der Waals surface area contributed by atoms with E-state index in [1.807, 2.05) is 0 Å². The van der Waals surface area contributed by atoms with Crippen molar-refractivity contribution in [1.29, 1.82) is 0 Å². The second-order valence-corrected chi connectivity index (χ2v) is 4.19. The average Bonchev–Trinajstić information content (AvgIpc) is 2.08. The Bertz CT molecular complexity index is 352. The summed E-state index contributed by atoms with van der Waals surface area (Å²) in [5.41, 5.74) is 4.97. The number of aliphatic carboxylic acids is 1. The highest BCUT2D eigenvalue weighted by atomic mass is 79.9. The third-order valence-corrected chi connectivity index (χ3v) is 2.58. The SMILES string of the molecule is CC(N)(Cc1ncccc1Br)C(=O)O. The van der Waals surface area contributed by atoms with Crippen molar-refractivity contribution in [1.82, 2.24) is 4.98 Å². The van der Waals surface area contributed by atoms with Crippen LogP contribution in [0.25, 0.3) is 0 Å². The fraction of sp³-hybridized carbons (Fsp3) is 0.333. The van der Waals surface area contributed by atoms with E-state index in [4.69, 9.17) is 10.8 Å². The number of halogens is 1. The summed E-state index contributed by atoms with van der Waals surface area (Å²) in [6.45, 7) is 1.47. The first-order valence-corrected chi connectivity index (χ1v) is 4.84. The Kier molecular flexibility index (Phi) is 3.23. The largest absolute Gasteiger partial charge is 0.480 e. The van der Waals surface area contributed by atoms with Gasteiger partial charge >= 0.3 is 5.97 Å². The molecule has 0 aliphatic rings. The molecule has 0 aliphatic heterocycles. The van der Waals surface area contributed by atoms with Gasteiger partial charge < -0.3 is 10.8 Å². The minimum absolute atomic E-state index is 0.198. The summed E-state index contributed by atoms with van der Waals surface area (Å²) >= 11 is 3.29. The monoisotopic (exact) mass is 258 g/mol. The molecule has 0 aromatic carbocycles. The Morgan fingerprint density at radius 1 is 1.79 bits per heavy atom. The minimum Gasteiger partial charge on any atom is -0.480 e. The summed E-state index contributed by atoms with van der Waals surface area (Å²) in [7, 11) is 0. The van der Waals surface area contributed by atoms with Crippen LogP contribution >= 0.6 is 15.9 Å². The van der Waals surface area contributed by atoms with E-state index in [9.17, 15) is 4.79 Å². The van der Waals surface area contributed by atoms with Crippen LogP contribution in [0.3, 0.4) is 0 Å². The molecule has 5 heteroatoms. The Hall–Kier alpha value is -0.940. The van der Waals surface area contributed by atoms with E-state index in [-0.39, 0.29) is 6.42 Å². The maximum absolute atomic E-state index is 10.8. The van der Waals surface area contributed by atoms with Gasteiger partial charge in [0.2, 0.25) is 0 Å². The van der Waals surface area contributed by atoms with Gasteiger partial charge in [-0.2, -0.15) is 0 Å². The number of rotatable bonds is 3. The van der Waals surface area contributed by atoms with Gasteiger partial charge in [0.25, 0.3) is 0 Å². The minimum atomic E-state index is -1.28. The molecule has 0 saturated carbocycles. The fourth-order valence-electron chi connectivity index (χ4n) is 0.972. The molecular weight excluding hydrogens is 248 g/mol. The second kappa shape index (κ2) is 4.06. The van der Waals surface area contributed by atoms with Crippen LogP contribution in [-0.4, -0.2) is 21.6 Å². The Morgan fingerprint density at radius 3 is 2.93 bits per heavy atom. The molecule has 0 saturated heterocycles. The molecule has 1 heterocycles. The molecule has 14 heavy (non-hydrogen) atoms. The van der Waals surface area contributed by atoms with Crippen LogP contribution in [-0.2, 0) is 11.2 Å². The van der Waals surface area contributed by atoms with Crippen molar-refractivity contribution in [2.24, 2.45) is 5.73 Å². The Morgan fingerprint density at radius 2 is 2.43 bits per heavy atom. The molecule has 1 aromatic heterocycles. The normalized spacial score (nSPS) is 14.8. The third kappa shape index (κ3) is 2.52. The summed E-state index contributed by atoms with van der Waals surface area (Å²) in [6.07, 6.45) is 1.81. The molecule has 76 valence electrons.